The Morgan fingerprint density at radius 1 is 1.23 bits per heavy atom. The van der Waals surface area contributed by atoms with Crippen molar-refractivity contribution in [1.82, 2.24) is 14.5 Å². The van der Waals surface area contributed by atoms with Crippen LogP contribution in [-0.2, 0) is 0 Å². The van der Waals surface area contributed by atoms with Gasteiger partial charge < -0.3 is 9.67 Å². The highest BCUT2D eigenvalue weighted by Gasteiger charge is 2.16. The Hall–Kier alpha value is -1.85. The Bertz CT molecular complexity index is 728. The van der Waals surface area contributed by atoms with Gasteiger partial charge in [0.2, 0.25) is 0 Å². The molecule has 0 amide bonds. The molecule has 0 bridgehead atoms. The first-order valence-electron chi connectivity index (χ1n) is 7.38. The molecule has 0 radical (unpaired) electrons. The lowest BCUT2D eigenvalue weighted by Crippen LogP contribution is -2.21. The van der Waals surface area contributed by atoms with Crippen LogP contribution in [0.5, 0.6) is 0 Å². The molecule has 22 heavy (non-hydrogen) atoms. The van der Waals surface area contributed by atoms with E-state index in [1.807, 2.05) is 35.9 Å². The van der Waals surface area contributed by atoms with E-state index >= 15 is 0 Å². The highest BCUT2D eigenvalue weighted by Crippen LogP contribution is 2.24. The molecule has 4 nitrogen and oxygen atoms in total. The summed E-state index contributed by atoms with van der Waals surface area (Å²) < 4.78 is 1.97. The van der Waals surface area contributed by atoms with Crippen LogP contribution in [0, 0.1) is 0 Å². The predicted molar refractivity (Wildman–Crippen MR) is 90.0 cm³/mol. The number of thioether (sulfide) groups is 1. The van der Waals surface area contributed by atoms with Crippen LogP contribution >= 0.6 is 11.8 Å². The molecular weight excluding hydrogens is 294 g/mol. The maximum absolute atomic E-state index is 9.95. The SMILES string of the molecule is C[C@H](O)[C@@H](CCSc1ccc2ccccc2n1)n1ccnc1. The molecule has 3 aromatic rings. The van der Waals surface area contributed by atoms with Gasteiger partial charge in [0.05, 0.1) is 29.0 Å². The molecule has 0 unspecified atom stereocenters. The van der Waals surface area contributed by atoms with Crippen LogP contribution in [0.3, 0.4) is 0 Å². The highest BCUT2D eigenvalue weighted by atomic mass is 32.2. The van der Waals surface area contributed by atoms with Gasteiger partial charge >= 0.3 is 0 Å². The van der Waals surface area contributed by atoms with E-state index in [0.29, 0.717) is 0 Å². The van der Waals surface area contributed by atoms with Crippen molar-refractivity contribution < 1.29 is 5.11 Å². The molecule has 0 fully saturated rings. The second-order valence-electron chi connectivity index (χ2n) is 5.30. The fourth-order valence-corrected chi connectivity index (χ4v) is 3.41. The Labute approximate surface area is 134 Å². The summed E-state index contributed by atoms with van der Waals surface area (Å²) in [7, 11) is 0. The number of benzene rings is 1. The Kier molecular flexibility index (Phi) is 4.75. The fourth-order valence-electron chi connectivity index (χ4n) is 2.52. The zero-order valence-corrected chi connectivity index (χ0v) is 13.3. The zero-order chi connectivity index (χ0) is 15.4. The number of pyridine rings is 1. The van der Waals surface area contributed by atoms with E-state index in [1.165, 1.54) is 0 Å². The minimum atomic E-state index is -0.403. The second-order valence-corrected chi connectivity index (χ2v) is 6.41. The minimum Gasteiger partial charge on any atom is -0.391 e. The molecule has 0 aliphatic carbocycles. The highest BCUT2D eigenvalue weighted by molar-refractivity contribution is 7.99. The lowest BCUT2D eigenvalue weighted by Gasteiger charge is -2.21. The number of para-hydroxylation sites is 1. The summed E-state index contributed by atoms with van der Waals surface area (Å²) in [6.07, 6.45) is 5.87. The van der Waals surface area contributed by atoms with Crippen molar-refractivity contribution in [3.63, 3.8) is 0 Å². The number of hydrogen-bond acceptors (Lipinski definition) is 4. The van der Waals surface area contributed by atoms with Crippen molar-refractivity contribution in [2.24, 2.45) is 0 Å². The van der Waals surface area contributed by atoms with Crippen LogP contribution < -0.4 is 0 Å². The lowest BCUT2D eigenvalue weighted by atomic mass is 10.1. The van der Waals surface area contributed by atoms with E-state index in [1.54, 1.807) is 24.3 Å². The molecule has 0 saturated carbocycles. The van der Waals surface area contributed by atoms with Gasteiger partial charge in [-0.15, -0.1) is 11.8 Å². The maximum Gasteiger partial charge on any atom is 0.0967 e. The van der Waals surface area contributed by atoms with Gasteiger partial charge in [0.1, 0.15) is 0 Å². The van der Waals surface area contributed by atoms with Crippen LogP contribution in [0.25, 0.3) is 10.9 Å². The molecule has 1 N–H and O–H groups in total. The van der Waals surface area contributed by atoms with E-state index in [0.717, 1.165) is 28.1 Å². The predicted octanol–water partition coefficient (Wildman–Crippen LogP) is 3.54. The van der Waals surface area contributed by atoms with Gasteiger partial charge in [-0.25, -0.2) is 9.97 Å². The standard InChI is InChI=1S/C17H19N3OS/c1-13(21)16(20-10-9-18-12-20)8-11-22-17-7-6-14-4-2-3-5-15(14)19-17/h2-7,9-10,12-13,16,21H,8,11H2,1H3/t13-,16+/m0/s1. The first kappa shape index (κ1) is 15.1. The van der Waals surface area contributed by atoms with Crippen molar-refractivity contribution >= 4 is 22.7 Å². The van der Waals surface area contributed by atoms with Crippen LogP contribution in [0.4, 0.5) is 0 Å². The van der Waals surface area contributed by atoms with Gasteiger partial charge in [0.25, 0.3) is 0 Å². The molecule has 2 aromatic heterocycles. The molecule has 0 saturated heterocycles. The van der Waals surface area contributed by atoms with E-state index < -0.39 is 6.10 Å². The maximum atomic E-state index is 9.95. The number of aromatic nitrogens is 3. The van der Waals surface area contributed by atoms with Crippen molar-refractivity contribution in [2.45, 2.75) is 30.5 Å². The average molecular weight is 313 g/mol. The van der Waals surface area contributed by atoms with Gasteiger partial charge in [-0.2, -0.15) is 0 Å². The Morgan fingerprint density at radius 2 is 2.09 bits per heavy atom. The van der Waals surface area contributed by atoms with Crippen molar-refractivity contribution in [1.29, 1.82) is 0 Å². The third-order valence-electron chi connectivity index (χ3n) is 3.70. The summed E-state index contributed by atoms with van der Waals surface area (Å²) in [4.78, 5) is 8.72. The molecule has 0 aliphatic heterocycles. The average Bonchev–Trinajstić information content (AvgIpc) is 3.05. The van der Waals surface area contributed by atoms with Gasteiger partial charge in [0, 0.05) is 23.5 Å². The minimum absolute atomic E-state index is 0.0513. The molecule has 0 spiro atoms. The van der Waals surface area contributed by atoms with E-state index in [-0.39, 0.29) is 6.04 Å². The molecule has 1 aromatic carbocycles. The summed E-state index contributed by atoms with van der Waals surface area (Å²) in [5.74, 6) is 0.902. The largest absolute Gasteiger partial charge is 0.391 e. The molecule has 5 heteroatoms. The Morgan fingerprint density at radius 3 is 2.86 bits per heavy atom. The number of aliphatic hydroxyl groups excluding tert-OH is 1. The number of rotatable bonds is 6. The first-order chi connectivity index (χ1) is 10.7. The molecule has 3 rings (SSSR count). The van der Waals surface area contributed by atoms with Gasteiger partial charge in [-0.1, -0.05) is 24.3 Å². The third kappa shape index (κ3) is 3.48. The second kappa shape index (κ2) is 6.94. The van der Waals surface area contributed by atoms with Crippen LogP contribution in [-0.4, -0.2) is 31.5 Å². The first-order valence-corrected chi connectivity index (χ1v) is 8.37. The van der Waals surface area contributed by atoms with Crippen molar-refractivity contribution in [3.05, 3.63) is 55.1 Å². The molecule has 2 heterocycles. The van der Waals surface area contributed by atoms with Crippen LogP contribution in [0.2, 0.25) is 0 Å². The Balaban J connectivity index is 1.63. The summed E-state index contributed by atoms with van der Waals surface area (Å²) >= 11 is 1.72. The topological polar surface area (TPSA) is 50.9 Å². The van der Waals surface area contributed by atoms with E-state index in [9.17, 15) is 5.11 Å². The number of nitrogens with zero attached hydrogens (tertiary/aromatic N) is 3. The van der Waals surface area contributed by atoms with Crippen LogP contribution in [0.15, 0.2) is 60.1 Å². The summed E-state index contributed by atoms with van der Waals surface area (Å²) in [6, 6.07) is 12.3. The molecule has 2 atom stereocenters. The number of aliphatic hydroxyl groups is 1. The molecular formula is C17H19N3OS. The zero-order valence-electron chi connectivity index (χ0n) is 12.5. The van der Waals surface area contributed by atoms with E-state index in [4.69, 9.17) is 0 Å². The summed E-state index contributed by atoms with van der Waals surface area (Å²) in [6.45, 7) is 1.82. The summed E-state index contributed by atoms with van der Waals surface area (Å²) in [5, 5.41) is 12.1. The van der Waals surface area contributed by atoms with E-state index in [2.05, 4.69) is 28.2 Å². The monoisotopic (exact) mass is 313 g/mol. The van der Waals surface area contributed by atoms with Crippen molar-refractivity contribution in [3.8, 4) is 0 Å². The fraction of sp³-hybridized carbons (Fsp3) is 0.294. The van der Waals surface area contributed by atoms with Gasteiger partial charge in [-0.3, -0.25) is 0 Å². The number of imidazole rings is 1. The van der Waals surface area contributed by atoms with Crippen molar-refractivity contribution in [2.75, 3.05) is 5.75 Å². The normalized spacial score (nSPS) is 14.1. The number of fused-ring (bicyclic) bond motifs is 1. The number of hydrogen-bond donors (Lipinski definition) is 1. The smallest absolute Gasteiger partial charge is 0.0967 e. The lowest BCUT2D eigenvalue weighted by molar-refractivity contribution is 0.128. The third-order valence-corrected chi connectivity index (χ3v) is 4.66. The van der Waals surface area contributed by atoms with Crippen LogP contribution in [0.1, 0.15) is 19.4 Å². The van der Waals surface area contributed by atoms with Gasteiger partial charge in [-0.05, 0) is 25.5 Å². The quantitative estimate of drug-likeness (QED) is 0.707. The molecule has 114 valence electrons. The summed E-state index contributed by atoms with van der Waals surface area (Å²) in [5.41, 5.74) is 1.02. The van der Waals surface area contributed by atoms with Gasteiger partial charge in [0.15, 0.2) is 0 Å². The molecule has 0 aliphatic rings.